The molecule has 1 atom stereocenters. The molecule has 0 unspecified atom stereocenters. The Balaban J connectivity index is 1.42. The van der Waals surface area contributed by atoms with E-state index >= 15 is 0 Å². The van der Waals surface area contributed by atoms with Crippen LogP contribution in [0.25, 0.3) is 10.2 Å². The summed E-state index contributed by atoms with van der Waals surface area (Å²) in [5.41, 5.74) is 1.95. The van der Waals surface area contributed by atoms with Crippen molar-refractivity contribution in [3.63, 3.8) is 0 Å². The molecular weight excluding hydrogens is 386 g/mol. The molecule has 152 valence electrons. The average Bonchev–Trinajstić information content (AvgIpc) is 3.21. The molecule has 2 heterocycles. The Kier molecular flexibility index (Phi) is 5.85. The lowest BCUT2D eigenvalue weighted by Gasteiger charge is -2.31. The first-order valence-corrected chi connectivity index (χ1v) is 10.6. The van der Waals surface area contributed by atoms with Crippen LogP contribution in [0.3, 0.4) is 0 Å². The first kappa shape index (κ1) is 19.5. The zero-order valence-corrected chi connectivity index (χ0v) is 17.5. The zero-order chi connectivity index (χ0) is 20.2. The summed E-state index contributed by atoms with van der Waals surface area (Å²) in [6.45, 7) is 2.09. The minimum Gasteiger partial charge on any atom is -0.497 e. The van der Waals surface area contributed by atoms with Crippen LogP contribution in [0, 0.1) is 5.92 Å². The van der Waals surface area contributed by atoms with Gasteiger partial charge in [-0.05, 0) is 37.1 Å². The summed E-state index contributed by atoms with van der Waals surface area (Å²) in [4.78, 5) is 19.8. The summed E-state index contributed by atoms with van der Waals surface area (Å²) in [6, 6.07) is 13.7. The third kappa shape index (κ3) is 4.29. The molecule has 1 amide bonds. The van der Waals surface area contributed by atoms with Gasteiger partial charge in [-0.25, -0.2) is 4.98 Å². The number of hydrogen-bond donors (Lipinski definition) is 1. The Bertz CT molecular complexity index is 1000. The van der Waals surface area contributed by atoms with Gasteiger partial charge in [-0.15, -0.1) is 0 Å². The van der Waals surface area contributed by atoms with E-state index in [9.17, 15) is 4.79 Å². The second-order valence-electron chi connectivity index (χ2n) is 7.14. The Morgan fingerprint density at radius 3 is 2.93 bits per heavy atom. The summed E-state index contributed by atoms with van der Waals surface area (Å²) in [5, 5.41) is 4.05. The summed E-state index contributed by atoms with van der Waals surface area (Å²) >= 11 is 1.65. The predicted octanol–water partition coefficient (Wildman–Crippen LogP) is 3.85. The van der Waals surface area contributed by atoms with E-state index in [1.54, 1.807) is 25.6 Å². The summed E-state index contributed by atoms with van der Waals surface area (Å²) in [5.74, 6) is 1.67. The van der Waals surface area contributed by atoms with E-state index in [0.717, 1.165) is 51.8 Å². The van der Waals surface area contributed by atoms with Gasteiger partial charge in [0.25, 0.3) is 0 Å². The van der Waals surface area contributed by atoms with E-state index in [4.69, 9.17) is 14.5 Å². The molecule has 0 saturated carbocycles. The molecular formula is C22H25N3O3S. The van der Waals surface area contributed by atoms with Gasteiger partial charge in [-0.2, -0.15) is 0 Å². The van der Waals surface area contributed by atoms with Crippen LogP contribution in [0.15, 0.2) is 42.5 Å². The van der Waals surface area contributed by atoms with Crippen molar-refractivity contribution in [3.8, 4) is 11.5 Å². The van der Waals surface area contributed by atoms with Crippen molar-refractivity contribution < 1.29 is 14.3 Å². The molecule has 1 aliphatic rings. The number of methoxy groups -OCH3 is 2. The molecule has 1 aromatic heterocycles. The highest BCUT2D eigenvalue weighted by Gasteiger charge is 2.27. The minimum atomic E-state index is -0.0417. The van der Waals surface area contributed by atoms with Crippen molar-refractivity contribution >= 4 is 32.6 Å². The molecule has 7 heteroatoms. The van der Waals surface area contributed by atoms with Gasteiger partial charge in [0.2, 0.25) is 5.91 Å². The highest BCUT2D eigenvalue weighted by atomic mass is 32.1. The summed E-state index contributed by atoms with van der Waals surface area (Å²) < 4.78 is 11.8. The number of thiazole rings is 1. The molecule has 0 radical (unpaired) electrons. The molecule has 4 rings (SSSR count). The molecule has 1 saturated heterocycles. The SMILES string of the molecule is COc1ccc2nc(N3CCC[C@H](C(=O)NCc4ccccc4OC)C3)sc2c1. The number of hydrogen-bond acceptors (Lipinski definition) is 6. The standard InChI is InChI=1S/C22H25N3O3S/c1-27-17-9-10-18-20(12-17)29-22(24-18)25-11-5-7-16(14-25)21(26)23-13-15-6-3-4-8-19(15)28-2/h3-4,6,8-10,12,16H,5,7,11,13-14H2,1-2H3,(H,23,26)/t16-/m0/s1. The molecule has 1 N–H and O–H groups in total. The third-order valence-electron chi connectivity index (χ3n) is 5.29. The number of rotatable bonds is 6. The normalized spacial score (nSPS) is 16.6. The number of ether oxygens (including phenoxy) is 2. The number of benzene rings is 2. The number of carbonyl (C=O) groups excluding carboxylic acids is 1. The van der Waals surface area contributed by atoms with Gasteiger partial charge in [-0.3, -0.25) is 4.79 Å². The molecule has 2 aromatic carbocycles. The van der Waals surface area contributed by atoms with Gasteiger partial charge in [0, 0.05) is 25.2 Å². The maximum atomic E-state index is 12.8. The summed E-state index contributed by atoms with van der Waals surface area (Å²) in [6.07, 6.45) is 1.87. The average molecular weight is 412 g/mol. The van der Waals surface area contributed by atoms with Gasteiger partial charge < -0.3 is 19.7 Å². The van der Waals surface area contributed by atoms with E-state index in [-0.39, 0.29) is 11.8 Å². The maximum absolute atomic E-state index is 12.8. The molecule has 29 heavy (non-hydrogen) atoms. The first-order chi connectivity index (χ1) is 14.2. The molecule has 0 spiro atoms. The molecule has 3 aromatic rings. The van der Waals surface area contributed by atoms with E-state index in [0.29, 0.717) is 13.1 Å². The largest absolute Gasteiger partial charge is 0.497 e. The number of fused-ring (bicyclic) bond motifs is 1. The second kappa shape index (κ2) is 8.69. The quantitative estimate of drug-likeness (QED) is 0.668. The van der Waals surface area contributed by atoms with Gasteiger partial charge in [0.1, 0.15) is 11.5 Å². The van der Waals surface area contributed by atoms with Crippen molar-refractivity contribution in [2.24, 2.45) is 5.92 Å². The van der Waals surface area contributed by atoms with Crippen molar-refractivity contribution in [1.82, 2.24) is 10.3 Å². The van der Waals surface area contributed by atoms with Crippen LogP contribution in [0.2, 0.25) is 0 Å². The van der Waals surface area contributed by atoms with Crippen molar-refractivity contribution in [1.29, 1.82) is 0 Å². The number of carbonyl (C=O) groups is 1. The van der Waals surface area contributed by atoms with E-state index < -0.39 is 0 Å². The summed E-state index contributed by atoms with van der Waals surface area (Å²) in [7, 11) is 3.31. The number of aromatic nitrogens is 1. The Morgan fingerprint density at radius 2 is 2.10 bits per heavy atom. The van der Waals surface area contributed by atoms with Crippen LogP contribution in [0.5, 0.6) is 11.5 Å². The van der Waals surface area contributed by atoms with Crippen LogP contribution >= 0.6 is 11.3 Å². The fourth-order valence-corrected chi connectivity index (χ4v) is 4.72. The van der Waals surface area contributed by atoms with Crippen molar-refractivity contribution in [2.75, 3.05) is 32.2 Å². The molecule has 1 aliphatic heterocycles. The number of para-hydroxylation sites is 1. The van der Waals surface area contributed by atoms with E-state index in [1.807, 2.05) is 42.5 Å². The molecule has 6 nitrogen and oxygen atoms in total. The Hall–Kier alpha value is -2.80. The Morgan fingerprint density at radius 1 is 1.24 bits per heavy atom. The predicted molar refractivity (Wildman–Crippen MR) is 116 cm³/mol. The second-order valence-corrected chi connectivity index (χ2v) is 8.15. The van der Waals surface area contributed by atoms with Gasteiger partial charge in [-0.1, -0.05) is 29.5 Å². The van der Waals surface area contributed by atoms with Crippen LogP contribution in [-0.2, 0) is 11.3 Å². The first-order valence-electron chi connectivity index (χ1n) is 9.77. The fourth-order valence-electron chi connectivity index (χ4n) is 3.70. The number of piperidine rings is 1. The highest BCUT2D eigenvalue weighted by molar-refractivity contribution is 7.22. The van der Waals surface area contributed by atoms with Crippen LogP contribution in [0.4, 0.5) is 5.13 Å². The third-order valence-corrected chi connectivity index (χ3v) is 6.37. The zero-order valence-electron chi connectivity index (χ0n) is 16.7. The number of nitrogens with zero attached hydrogens (tertiary/aromatic N) is 2. The van der Waals surface area contributed by atoms with Gasteiger partial charge in [0.05, 0.1) is 30.4 Å². The van der Waals surface area contributed by atoms with Crippen LogP contribution in [0.1, 0.15) is 18.4 Å². The number of amides is 1. The lowest BCUT2D eigenvalue weighted by atomic mass is 9.97. The number of nitrogens with one attached hydrogen (secondary N) is 1. The Labute approximate surface area is 174 Å². The van der Waals surface area contributed by atoms with Crippen LogP contribution < -0.4 is 19.7 Å². The van der Waals surface area contributed by atoms with Crippen molar-refractivity contribution in [3.05, 3.63) is 48.0 Å². The van der Waals surface area contributed by atoms with Crippen LogP contribution in [-0.4, -0.2) is 38.2 Å². The molecule has 0 bridgehead atoms. The van der Waals surface area contributed by atoms with E-state index in [1.165, 1.54) is 0 Å². The number of anilines is 1. The minimum absolute atomic E-state index is 0.0417. The van der Waals surface area contributed by atoms with Crippen molar-refractivity contribution in [2.45, 2.75) is 19.4 Å². The van der Waals surface area contributed by atoms with Gasteiger partial charge in [0.15, 0.2) is 5.13 Å². The fraction of sp³-hybridized carbons (Fsp3) is 0.364. The van der Waals surface area contributed by atoms with Gasteiger partial charge >= 0.3 is 0 Å². The monoisotopic (exact) mass is 411 g/mol. The smallest absolute Gasteiger partial charge is 0.225 e. The molecule has 0 aliphatic carbocycles. The molecule has 1 fully saturated rings. The lowest BCUT2D eigenvalue weighted by Crippen LogP contribution is -2.43. The topological polar surface area (TPSA) is 63.7 Å². The van der Waals surface area contributed by atoms with E-state index in [2.05, 4.69) is 10.2 Å². The highest BCUT2D eigenvalue weighted by Crippen LogP contribution is 2.33. The maximum Gasteiger partial charge on any atom is 0.225 e. The lowest BCUT2D eigenvalue weighted by molar-refractivity contribution is -0.125.